The minimum Gasteiger partial charge on any atom is -0.352 e. The number of amides is 1. The van der Waals surface area contributed by atoms with Gasteiger partial charge in [0.25, 0.3) is 0 Å². The molecule has 2 nitrogen and oxygen atoms in total. The zero-order valence-corrected chi connectivity index (χ0v) is 8.36. The highest BCUT2D eigenvalue weighted by Crippen LogP contribution is 1.98. The molecule has 2 heteroatoms. The first-order chi connectivity index (χ1) is 6.83. The highest BCUT2D eigenvalue weighted by Gasteiger charge is 1.99. The van der Waals surface area contributed by atoms with Crippen molar-refractivity contribution in [1.29, 1.82) is 0 Å². The van der Waals surface area contributed by atoms with Gasteiger partial charge in [0.15, 0.2) is 0 Å². The summed E-state index contributed by atoms with van der Waals surface area (Å²) in [5.74, 6) is 0.0642. The second kappa shape index (κ2) is 5.97. The predicted octanol–water partition coefficient (Wildman–Crippen LogP) is 1.92. The summed E-state index contributed by atoms with van der Waals surface area (Å²) < 4.78 is 0. The lowest BCUT2D eigenvalue weighted by Crippen LogP contribution is -2.24. The summed E-state index contributed by atoms with van der Waals surface area (Å²) in [7, 11) is 0. The molecule has 0 fully saturated rings. The Bertz CT molecular complexity index is 303. The van der Waals surface area contributed by atoms with E-state index in [0.717, 1.165) is 5.56 Å². The van der Waals surface area contributed by atoms with Crippen molar-refractivity contribution in [2.75, 3.05) is 6.54 Å². The number of carbonyl (C=O) groups is 1. The van der Waals surface area contributed by atoms with Gasteiger partial charge >= 0.3 is 0 Å². The standard InChI is InChI=1S/C12H15NO/c1-2-3-9-13-12(14)10-11-7-5-4-6-8-11/h2-8H,9-10H2,1H3,(H,13,14)/b3-2+. The molecule has 14 heavy (non-hydrogen) atoms. The quantitative estimate of drug-likeness (QED) is 0.720. The highest BCUT2D eigenvalue weighted by atomic mass is 16.1. The zero-order chi connectivity index (χ0) is 10.2. The summed E-state index contributed by atoms with van der Waals surface area (Å²) in [6, 6.07) is 9.73. The van der Waals surface area contributed by atoms with Crippen LogP contribution in [0.1, 0.15) is 12.5 Å². The molecule has 0 atom stereocenters. The van der Waals surface area contributed by atoms with Crippen LogP contribution in [-0.4, -0.2) is 12.5 Å². The summed E-state index contributed by atoms with van der Waals surface area (Å²) in [6.07, 6.45) is 4.30. The number of allylic oxidation sites excluding steroid dienone is 1. The average molecular weight is 189 g/mol. The normalized spacial score (nSPS) is 10.4. The SMILES string of the molecule is C/C=C/CNC(=O)Cc1ccccc1. The van der Waals surface area contributed by atoms with Gasteiger partial charge < -0.3 is 5.32 Å². The molecule has 0 saturated carbocycles. The van der Waals surface area contributed by atoms with Gasteiger partial charge in [-0.25, -0.2) is 0 Å². The van der Waals surface area contributed by atoms with Crippen molar-refractivity contribution in [2.45, 2.75) is 13.3 Å². The maximum Gasteiger partial charge on any atom is 0.224 e. The zero-order valence-electron chi connectivity index (χ0n) is 8.36. The molecule has 1 rings (SSSR count). The van der Waals surface area contributed by atoms with Crippen molar-refractivity contribution in [3.8, 4) is 0 Å². The van der Waals surface area contributed by atoms with Crippen LogP contribution in [0.15, 0.2) is 42.5 Å². The fraction of sp³-hybridized carbons (Fsp3) is 0.250. The Morgan fingerprint density at radius 1 is 1.36 bits per heavy atom. The first-order valence-electron chi connectivity index (χ1n) is 4.74. The Labute approximate surface area is 84.6 Å². The summed E-state index contributed by atoms with van der Waals surface area (Å²) in [4.78, 5) is 11.3. The summed E-state index contributed by atoms with van der Waals surface area (Å²) in [5.41, 5.74) is 1.05. The minimum absolute atomic E-state index is 0.0642. The molecule has 1 aromatic rings. The Morgan fingerprint density at radius 2 is 2.07 bits per heavy atom. The molecule has 0 aliphatic heterocycles. The van der Waals surface area contributed by atoms with Crippen molar-refractivity contribution < 1.29 is 4.79 Å². The molecule has 0 aliphatic carbocycles. The smallest absolute Gasteiger partial charge is 0.224 e. The largest absolute Gasteiger partial charge is 0.352 e. The third-order valence-electron chi connectivity index (χ3n) is 1.86. The molecule has 1 N–H and O–H groups in total. The third kappa shape index (κ3) is 3.90. The second-order valence-electron chi connectivity index (χ2n) is 3.04. The molecule has 0 radical (unpaired) electrons. The van der Waals surface area contributed by atoms with Crippen LogP contribution in [0.4, 0.5) is 0 Å². The lowest BCUT2D eigenvalue weighted by molar-refractivity contribution is -0.120. The highest BCUT2D eigenvalue weighted by molar-refractivity contribution is 5.78. The molecule has 74 valence electrons. The Hall–Kier alpha value is -1.57. The number of hydrogen-bond donors (Lipinski definition) is 1. The molecule has 0 aromatic heterocycles. The molecule has 0 aliphatic rings. The van der Waals surface area contributed by atoms with E-state index in [2.05, 4.69) is 5.32 Å². The van der Waals surface area contributed by atoms with Crippen molar-refractivity contribution in [3.05, 3.63) is 48.0 Å². The van der Waals surface area contributed by atoms with Crippen LogP contribution in [0.25, 0.3) is 0 Å². The topological polar surface area (TPSA) is 29.1 Å². The molecule has 0 unspecified atom stereocenters. The second-order valence-corrected chi connectivity index (χ2v) is 3.04. The Balaban J connectivity index is 2.34. The number of carbonyl (C=O) groups excluding carboxylic acids is 1. The molecule has 1 amide bonds. The maximum atomic E-state index is 11.3. The summed E-state index contributed by atoms with van der Waals surface area (Å²) in [5, 5.41) is 2.81. The van der Waals surface area contributed by atoms with Crippen LogP contribution in [0.2, 0.25) is 0 Å². The van der Waals surface area contributed by atoms with Crippen LogP contribution in [0.3, 0.4) is 0 Å². The monoisotopic (exact) mass is 189 g/mol. The van der Waals surface area contributed by atoms with Crippen LogP contribution >= 0.6 is 0 Å². The van der Waals surface area contributed by atoms with Crippen molar-refractivity contribution in [3.63, 3.8) is 0 Å². The van der Waals surface area contributed by atoms with Crippen molar-refractivity contribution >= 4 is 5.91 Å². The van der Waals surface area contributed by atoms with Gasteiger partial charge in [-0.1, -0.05) is 42.5 Å². The van der Waals surface area contributed by atoms with E-state index in [1.54, 1.807) is 0 Å². The van der Waals surface area contributed by atoms with Gasteiger partial charge in [-0.15, -0.1) is 0 Å². The van der Waals surface area contributed by atoms with Gasteiger partial charge in [0.1, 0.15) is 0 Å². The predicted molar refractivity (Wildman–Crippen MR) is 58.0 cm³/mol. The summed E-state index contributed by atoms with van der Waals surface area (Å²) in [6.45, 7) is 2.55. The van der Waals surface area contributed by atoms with Crippen LogP contribution in [-0.2, 0) is 11.2 Å². The van der Waals surface area contributed by atoms with Crippen LogP contribution in [0, 0.1) is 0 Å². The molecule has 0 heterocycles. The first-order valence-corrected chi connectivity index (χ1v) is 4.74. The van der Waals surface area contributed by atoms with E-state index in [0.29, 0.717) is 13.0 Å². The first kappa shape index (κ1) is 10.5. The Morgan fingerprint density at radius 3 is 2.71 bits per heavy atom. The van der Waals surface area contributed by atoms with E-state index in [9.17, 15) is 4.79 Å². The number of benzene rings is 1. The van der Waals surface area contributed by atoms with Crippen molar-refractivity contribution in [2.24, 2.45) is 0 Å². The molecular weight excluding hydrogens is 174 g/mol. The molecule has 0 saturated heterocycles. The fourth-order valence-corrected chi connectivity index (χ4v) is 1.13. The van der Waals surface area contributed by atoms with Gasteiger partial charge in [0.2, 0.25) is 5.91 Å². The van der Waals surface area contributed by atoms with Crippen molar-refractivity contribution in [1.82, 2.24) is 5.32 Å². The van der Waals surface area contributed by atoms with Gasteiger partial charge in [-0.2, -0.15) is 0 Å². The molecular formula is C12H15NO. The Kier molecular flexibility index (Phi) is 4.48. The molecule has 1 aromatic carbocycles. The van der Waals surface area contributed by atoms with Crippen LogP contribution in [0.5, 0.6) is 0 Å². The van der Waals surface area contributed by atoms with Gasteiger partial charge in [-0.3, -0.25) is 4.79 Å². The van der Waals surface area contributed by atoms with E-state index in [1.807, 2.05) is 49.4 Å². The maximum absolute atomic E-state index is 11.3. The molecule has 0 spiro atoms. The van der Waals surface area contributed by atoms with E-state index in [4.69, 9.17) is 0 Å². The minimum atomic E-state index is 0.0642. The van der Waals surface area contributed by atoms with E-state index < -0.39 is 0 Å². The number of nitrogens with one attached hydrogen (secondary N) is 1. The number of rotatable bonds is 4. The van der Waals surface area contributed by atoms with E-state index >= 15 is 0 Å². The van der Waals surface area contributed by atoms with Gasteiger partial charge in [0, 0.05) is 6.54 Å². The average Bonchev–Trinajstić information content (AvgIpc) is 2.20. The summed E-state index contributed by atoms with van der Waals surface area (Å²) >= 11 is 0. The molecule has 0 bridgehead atoms. The van der Waals surface area contributed by atoms with E-state index in [-0.39, 0.29) is 5.91 Å². The van der Waals surface area contributed by atoms with Gasteiger partial charge in [-0.05, 0) is 12.5 Å². The lowest BCUT2D eigenvalue weighted by atomic mass is 10.1. The van der Waals surface area contributed by atoms with Gasteiger partial charge in [0.05, 0.1) is 6.42 Å². The van der Waals surface area contributed by atoms with E-state index in [1.165, 1.54) is 0 Å². The number of hydrogen-bond acceptors (Lipinski definition) is 1. The third-order valence-corrected chi connectivity index (χ3v) is 1.86. The van der Waals surface area contributed by atoms with Crippen LogP contribution < -0.4 is 5.32 Å². The lowest BCUT2D eigenvalue weighted by Gasteiger charge is -2.01. The fourth-order valence-electron chi connectivity index (χ4n) is 1.13.